The highest BCUT2D eigenvalue weighted by molar-refractivity contribution is 5.50. The highest BCUT2D eigenvalue weighted by atomic mass is 16.5. The fourth-order valence-electron chi connectivity index (χ4n) is 2.80. The zero-order chi connectivity index (χ0) is 12.4. The number of aryl methyl sites for hydroxylation is 1. The van der Waals surface area contributed by atoms with Gasteiger partial charge in [-0.1, -0.05) is 0 Å². The smallest absolute Gasteiger partial charge is 0.135 e. The molecule has 0 aromatic carbocycles. The lowest BCUT2D eigenvalue weighted by Gasteiger charge is -2.25. The third-order valence-corrected chi connectivity index (χ3v) is 3.75. The van der Waals surface area contributed by atoms with Gasteiger partial charge in [-0.25, -0.2) is 9.97 Å². The molecular formula is C13H19N3O2. The van der Waals surface area contributed by atoms with Gasteiger partial charge < -0.3 is 14.7 Å². The molecule has 98 valence electrons. The molecule has 2 aliphatic rings. The molecule has 1 aromatic heterocycles. The summed E-state index contributed by atoms with van der Waals surface area (Å²) in [5.74, 6) is 1.24. The Kier molecular flexibility index (Phi) is 3.43. The third kappa shape index (κ3) is 2.20. The molecule has 0 spiro atoms. The number of anilines is 1. The number of aliphatic hydroxyl groups is 1. The average Bonchev–Trinajstić information content (AvgIpc) is 2.75. The second-order valence-corrected chi connectivity index (χ2v) is 5.05. The molecule has 0 radical (unpaired) electrons. The molecule has 0 bridgehead atoms. The first-order valence-corrected chi connectivity index (χ1v) is 6.65. The molecule has 1 saturated heterocycles. The molecule has 18 heavy (non-hydrogen) atoms. The lowest BCUT2D eigenvalue weighted by atomic mass is 10.1. The van der Waals surface area contributed by atoms with Crippen molar-refractivity contribution in [2.45, 2.75) is 19.3 Å². The van der Waals surface area contributed by atoms with Crippen LogP contribution in [0, 0.1) is 5.92 Å². The van der Waals surface area contributed by atoms with E-state index in [-0.39, 0.29) is 12.5 Å². The first-order chi connectivity index (χ1) is 8.88. The van der Waals surface area contributed by atoms with Crippen molar-refractivity contribution in [1.82, 2.24) is 9.97 Å². The molecule has 5 heteroatoms. The van der Waals surface area contributed by atoms with Crippen molar-refractivity contribution in [2.24, 2.45) is 5.92 Å². The SMILES string of the molecule is OCC1COCCN(c2ncnc3c2CCC3)C1. The van der Waals surface area contributed by atoms with Crippen LogP contribution in [-0.2, 0) is 17.6 Å². The summed E-state index contributed by atoms with van der Waals surface area (Å²) in [6.45, 7) is 3.18. The van der Waals surface area contributed by atoms with Gasteiger partial charge in [0, 0.05) is 36.9 Å². The van der Waals surface area contributed by atoms with Gasteiger partial charge in [0.05, 0.1) is 13.2 Å². The van der Waals surface area contributed by atoms with E-state index in [4.69, 9.17) is 4.74 Å². The number of aliphatic hydroxyl groups excluding tert-OH is 1. The maximum Gasteiger partial charge on any atom is 0.135 e. The van der Waals surface area contributed by atoms with Crippen LogP contribution in [0.1, 0.15) is 17.7 Å². The fourth-order valence-corrected chi connectivity index (χ4v) is 2.80. The molecule has 0 amide bonds. The molecule has 5 nitrogen and oxygen atoms in total. The molecule has 1 aliphatic heterocycles. The zero-order valence-electron chi connectivity index (χ0n) is 10.5. The van der Waals surface area contributed by atoms with E-state index in [0.717, 1.165) is 31.7 Å². The van der Waals surface area contributed by atoms with Crippen LogP contribution in [0.3, 0.4) is 0 Å². The highest BCUT2D eigenvalue weighted by Crippen LogP contribution is 2.28. The van der Waals surface area contributed by atoms with Gasteiger partial charge in [-0.2, -0.15) is 0 Å². The van der Waals surface area contributed by atoms with Gasteiger partial charge in [0.15, 0.2) is 0 Å². The summed E-state index contributed by atoms with van der Waals surface area (Å²) < 4.78 is 5.52. The normalized spacial score (nSPS) is 23.8. The van der Waals surface area contributed by atoms with E-state index in [1.54, 1.807) is 6.33 Å². The van der Waals surface area contributed by atoms with Crippen LogP contribution in [0.4, 0.5) is 5.82 Å². The Balaban J connectivity index is 1.87. The topological polar surface area (TPSA) is 58.5 Å². The lowest BCUT2D eigenvalue weighted by molar-refractivity contribution is 0.0959. The number of fused-ring (bicyclic) bond motifs is 1. The summed E-state index contributed by atoms with van der Waals surface area (Å²) in [6.07, 6.45) is 4.99. The van der Waals surface area contributed by atoms with Crippen molar-refractivity contribution < 1.29 is 9.84 Å². The Morgan fingerprint density at radius 2 is 2.33 bits per heavy atom. The second kappa shape index (κ2) is 5.20. The fraction of sp³-hybridized carbons (Fsp3) is 0.692. The lowest BCUT2D eigenvalue weighted by Crippen LogP contribution is -2.32. The molecule has 1 unspecified atom stereocenters. The van der Waals surface area contributed by atoms with Crippen molar-refractivity contribution >= 4 is 5.82 Å². The van der Waals surface area contributed by atoms with E-state index in [1.165, 1.54) is 17.7 Å². The number of ether oxygens (including phenoxy) is 1. The Morgan fingerprint density at radius 3 is 3.22 bits per heavy atom. The van der Waals surface area contributed by atoms with Crippen molar-refractivity contribution in [3.8, 4) is 0 Å². The predicted molar refractivity (Wildman–Crippen MR) is 67.7 cm³/mol. The van der Waals surface area contributed by atoms with E-state index in [0.29, 0.717) is 13.2 Å². The van der Waals surface area contributed by atoms with Crippen LogP contribution in [0.2, 0.25) is 0 Å². The number of hydrogen-bond acceptors (Lipinski definition) is 5. The number of nitrogens with zero attached hydrogens (tertiary/aromatic N) is 3. The number of rotatable bonds is 2. The standard InChI is InChI=1S/C13H19N3O2/c17-7-10-6-16(4-5-18-8-10)13-11-2-1-3-12(11)14-9-15-13/h9-10,17H,1-8H2. The van der Waals surface area contributed by atoms with E-state index >= 15 is 0 Å². The van der Waals surface area contributed by atoms with Gasteiger partial charge >= 0.3 is 0 Å². The summed E-state index contributed by atoms with van der Waals surface area (Å²) in [6, 6.07) is 0. The van der Waals surface area contributed by atoms with Crippen LogP contribution < -0.4 is 4.90 Å². The Bertz CT molecular complexity index is 425. The molecule has 1 aromatic rings. The zero-order valence-corrected chi connectivity index (χ0v) is 10.5. The Labute approximate surface area is 107 Å². The minimum Gasteiger partial charge on any atom is -0.396 e. The maximum atomic E-state index is 9.33. The molecule has 0 saturated carbocycles. The van der Waals surface area contributed by atoms with E-state index in [2.05, 4.69) is 14.9 Å². The van der Waals surface area contributed by atoms with Gasteiger partial charge in [0.2, 0.25) is 0 Å². The van der Waals surface area contributed by atoms with Crippen molar-refractivity contribution in [3.63, 3.8) is 0 Å². The highest BCUT2D eigenvalue weighted by Gasteiger charge is 2.24. The maximum absolute atomic E-state index is 9.33. The quantitative estimate of drug-likeness (QED) is 0.822. The molecular weight excluding hydrogens is 230 g/mol. The Morgan fingerprint density at radius 1 is 1.39 bits per heavy atom. The van der Waals surface area contributed by atoms with Crippen LogP contribution in [0.15, 0.2) is 6.33 Å². The molecule has 2 heterocycles. The summed E-state index contributed by atoms with van der Waals surface area (Å²) in [5, 5.41) is 9.33. The van der Waals surface area contributed by atoms with Gasteiger partial charge in [-0.15, -0.1) is 0 Å². The summed E-state index contributed by atoms with van der Waals surface area (Å²) in [5.41, 5.74) is 2.50. The molecule has 1 N–H and O–H groups in total. The monoisotopic (exact) mass is 249 g/mol. The van der Waals surface area contributed by atoms with Crippen LogP contribution in [-0.4, -0.2) is 48.0 Å². The molecule has 1 fully saturated rings. The third-order valence-electron chi connectivity index (χ3n) is 3.75. The van der Waals surface area contributed by atoms with Gasteiger partial charge in [0.25, 0.3) is 0 Å². The number of hydrogen-bond donors (Lipinski definition) is 1. The van der Waals surface area contributed by atoms with E-state index in [9.17, 15) is 5.11 Å². The van der Waals surface area contributed by atoms with E-state index < -0.39 is 0 Å². The van der Waals surface area contributed by atoms with Crippen LogP contribution in [0.5, 0.6) is 0 Å². The van der Waals surface area contributed by atoms with Crippen molar-refractivity contribution in [1.29, 1.82) is 0 Å². The minimum atomic E-state index is 0.170. The first-order valence-electron chi connectivity index (χ1n) is 6.65. The molecule has 3 rings (SSSR count). The number of aromatic nitrogens is 2. The first kappa shape index (κ1) is 11.9. The summed E-state index contributed by atoms with van der Waals surface area (Å²) >= 11 is 0. The summed E-state index contributed by atoms with van der Waals surface area (Å²) in [4.78, 5) is 11.1. The van der Waals surface area contributed by atoms with Gasteiger partial charge in [-0.3, -0.25) is 0 Å². The van der Waals surface area contributed by atoms with Gasteiger partial charge in [-0.05, 0) is 19.3 Å². The summed E-state index contributed by atoms with van der Waals surface area (Å²) in [7, 11) is 0. The minimum absolute atomic E-state index is 0.170. The predicted octanol–water partition coefficient (Wildman–Crippen LogP) is 0.410. The van der Waals surface area contributed by atoms with Crippen LogP contribution in [0.25, 0.3) is 0 Å². The van der Waals surface area contributed by atoms with Crippen LogP contribution >= 0.6 is 0 Å². The molecule has 1 atom stereocenters. The van der Waals surface area contributed by atoms with Crippen molar-refractivity contribution in [3.05, 3.63) is 17.6 Å². The van der Waals surface area contributed by atoms with Crippen molar-refractivity contribution in [2.75, 3.05) is 37.8 Å². The Hall–Kier alpha value is -1.20. The largest absolute Gasteiger partial charge is 0.396 e. The average molecular weight is 249 g/mol. The second-order valence-electron chi connectivity index (χ2n) is 5.05. The van der Waals surface area contributed by atoms with E-state index in [1.807, 2.05) is 0 Å². The van der Waals surface area contributed by atoms with Gasteiger partial charge in [0.1, 0.15) is 12.1 Å². The molecule has 1 aliphatic carbocycles.